The maximum Gasteiger partial charge on any atom is 0.236 e. The lowest BCUT2D eigenvalue weighted by atomic mass is 9.86. The van der Waals surface area contributed by atoms with E-state index in [1.54, 1.807) is 30.5 Å². The first-order valence-corrected chi connectivity index (χ1v) is 7.66. The highest BCUT2D eigenvalue weighted by Gasteiger charge is 2.42. The zero-order valence-electron chi connectivity index (χ0n) is 14.0. The van der Waals surface area contributed by atoms with E-state index >= 15 is 0 Å². The molecule has 1 aliphatic heterocycles. The number of aromatic nitrogens is 1. The molecule has 0 radical (unpaired) electrons. The molecule has 1 aromatic carbocycles. The van der Waals surface area contributed by atoms with E-state index in [0.717, 1.165) is 22.5 Å². The summed E-state index contributed by atoms with van der Waals surface area (Å²) in [7, 11) is 1.78. The Morgan fingerprint density at radius 3 is 2.58 bits per heavy atom. The van der Waals surface area contributed by atoms with Gasteiger partial charge in [0.25, 0.3) is 0 Å². The standard InChI is InChI=1S/C18H21N5O/c1-18(2)14-5-4-13(10-16(14)22(3)17(18)24)23(20)11-15(19)12-6-8-21-9-7-12/h4-11H,19-20H2,1-3H3/b15-11-. The number of hydrogen-bond acceptors (Lipinski definition) is 5. The molecule has 6 nitrogen and oxygen atoms in total. The van der Waals surface area contributed by atoms with Crippen molar-refractivity contribution in [3.63, 3.8) is 0 Å². The van der Waals surface area contributed by atoms with E-state index in [1.165, 1.54) is 5.01 Å². The van der Waals surface area contributed by atoms with Crippen LogP contribution < -0.4 is 21.5 Å². The van der Waals surface area contributed by atoms with Crippen LogP contribution in [0.4, 0.5) is 11.4 Å². The number of nitrogens with two attached hydrogens (primary N) is 2. The number of anilines is 2. The molecule has 2 aromatic rings. The Kier molecular flexibility index (Phi) is 3.77. The topological polar surface area (TPSA) is 88.5 Å². The Labute approximate surface area is 141 Å². The lowest BCUT2D eigenvalue weighted by molar-refractivity contribution is -0.121. The van der Waals surface area contributed by atoms with Gasteiger partial charge in [0.2, 0.25) is 5.91 Å². The number of benzene rings is 1. The Bertz CT molecular complexity index is 813. The number of nitrogens with zero attached hydrogens (tertiary/aromatic N) is 3. The quantitative estimate of drug-likeness (QED) is 0.666. The molecular formula is C18H21N5O. The second kappa shape index (κ2) is 5.65. The second-order valence-electron chi connectivity index (χ2n) is 6.42. The van der Waals surface area contributed by atoms with Crippen molar-refractivity contribution in [3.8, 4) is 0 Å². The van der Waals surface area contributed by atoms with Crippen LogP contribution in [0.2, 0.25) is 0 Å². The van der Waals surface area contributed by atoms with Crippen molar-refractivity contribution in [2.24, 2.45) is 11.6 Å². The van der Waals surface area contributed by atoms with E-state index in [2.05, 4.69) is 4.98 Å². The number of carbonyl (C=O) groups excluding carboxylic acids is 1. The minimum absolute atomic E-state index is 0.0741. The van der Waals surface area contributed by atoms with Gasteiger partial charge in [0, 0.05) is 36.9 Å². The molecule has 24 heavy (non-hydrogen) atoms. The highest BCUT2D eigenvalue weighted by Crippen LogP contribution is 2.42. The molecule has 2 heterocycles. The third-order valence-corrected chi connectivity index (χ3v) is 4.45. The maximum absolute atomic E-state index is 12.4. The largest absolute Gasteiger partial charge is 0.397 e. The summed E-state index contributed by atoms with van der Waals surface area (Å²) >= 11 is 0. The van der Waals surface area contributed by atoms with Gasteiger partial charge in [0.1, 0.15) is 0 Å². The number of rotatable bonds is 3. The van der Waals surface area contributed by atoms with Gasteiger partial charge in [-0.3, -0.25) is 14.8 Å². The Morgan fingerprint density at radius 2 is 1.92 bits per heavy atom. The smallest absolute Gasteiger partial charge is 0.236 e. The van der Waals surface area contributed by atoms with Crippen LogP contribution in [0.15, 0.2) is 48.9 Å². The first-order valence-electron chi connectivity index (χ1n) is 7.66. The summed E-state index contributed by atoms with van der Waals surface area (Å²) in [5.41, 5.74) is 9.56. The van der Waals surface area contributed by atoms with Crippen LogP contribution >= 0.6 is 0 Å². The molecule has 0 saturated heterocycles. The number of likely N-dealkylation sites (N-methyl/N-ethyl adjacent to an activating group) is 1. The Hall–Kier alpha value is -2.86. The van der Waals surface area contributed by atoms with Gasteiger partial charge in [-0.2, -0.15) is 0 Å². The molecule has 0 unspecified atom stereocenters. The molecule has 124 valence electrons. The first-order chi connectivity index (χ1) is 11.3. The molecule has 3 rings (SSSR count). The Balaban J connectivity index is 1.93. The number of amides is 1. The lowest BCUT2D eigenvalue weighted by Gasteiger charge is -2.18. The van der Waals surface area contributed by atoms with E-state index in [-0.39, 0.29) is 5.91 Å². The summed E-state index contributed by atoms with van der Waals surface area (Å²) in [6, 6.07) is 9.37. The summed E-state index contributed by atoms with van der Waals surface area (Å²) in [6.07, 6.45) is 5.00. The molecule has 1 amide bonds. The zero-order chi connectivity index (χ0) is 17.5. The van der Waals surface area contributed by atoms with Crippen molar-refractivity contribution in [1.29, 1.82) is 0 Å². The molecule has 4 N–H and O–H groups in total. The summed E-state index contributed by atoms with van der Waals surface area (Å²) in [5, 5.41) is 1.46. The third-order valence-electron chi connectivity index (χ3n) is 4.45. The van der Waals surface area contributed by atoms with Crippen molar-refractivity contribution < 1.29 is 4.79 Å². The summed E-state index contributed by atoms with van der Waals surface area (Å²) in [6.45, 7) is 3.86. The van der Waals surface area contributed by atoms with Crippen LogP contribution in [0.25, 0.3) is 5.70 Å². The van der Waals surface area contributed by atoms with Gasteiger partial charge in [0.15, 0.2) is 0 Å². The number of hydrogen-bond donors (Lipinski definition) is 2. The number of hydrazine groups is 1. The van der Waals surface area contributed by atoms with E-state index in [1.807, 2.05) is 44.2 Å². The zero-order valence-corrected chi connectivity index (χ0v) is 14.0. The van der Waals surface area contributed by atoms with E-state index in [0.29, 0.717) is 5.70 Å². The van der Waals surface area contributed by atoms with Crippen LogP contribution in [-0.4, -0.2) is 17.9 Å². The summed E-state index contributed by atoms with van der Waals surface area (Å²) < 4.78 is 0. The molecule has 1 aromatic heterocycles. The molecule has 0 atom stereocenters. The lowest BCUT2D eigenvalue weighted by Crippen LogP contribution is -2.33. The minimum Gasteiger partial charge on any atom is -0.397 e. The summed E-state index contributed by atoms with van der Waals surface area (Å²) in [5.74, 6) is 6.21. The SMILES string of the molecule is CN1C(=O)C(C)(C)c2ccc(N(N)/C=C(\N)c3ccncc3)cc21. The molecule has 0 fully saturated rings. The van der Waals surface area contributed by atoms with Crippen molar-refractivity contribution in [1.82, 2.24) is 4.98 Å². The molecule has 0 spiro atoms. The highest BCUT2D eigenvalue weighted by atomic mass is 16.2. The van der Waals surface area contributed by atoms with Crippen molar-refractivity contribution in [2.45, 2.75) is 19.3 Å². The average Bonchev–Trinajstić information content (AvgIpc) is 2.76. The van der Waals surface area contributed by atoms with Crippen LogP contribution in [0.1, 0.15) is 25.0 Å². The van der Waals surface area contributed by atoms with Crippen molar-refractivity contribution >= 4 is 23.0 Å². The van der Waals surface area contributed by atoms with Crippen LogP contribution in [0.5, 0.6) is 0 Å². The van der Waals surface area contributed by atoms with E-state index < -0.39 is 5.41 Å². The number of fused-ring (bicyclic) bond motifs is 1. The predicted octanol–water partition coefficient (Wildman–Crippen LogP) is 1.97. The highest BCUT2D eigenvalue weighted by molar-refractivity contribution is 6.07. The monoisotopic (exact) mass is 323 g/mol. The van der Waals surface area contributed by atoms with E-state index in [4.69, 9.17) is 11.6 Å². The van der Waals surface area contributed by atoms with Gasteiger partial charge >= 0.3 is 0 Å². The normalized spacial score (nSPS) is 16.2. The predicted molar refractivity (Wildman–Crippen MR) is 95.9 cm³/mol. The van der Waals surface area contributed by atoms with Crippen molar-refractivity contribution in [3.05, 3.63) is 60.1 Å². The van der Waals surface area contributed by atoms with Crippen LogP contribution in [0.3, 0.4) is 0 Å². The van der Waals surface area contributed by atoms with E-state index in [9.17, 15) is 4.79 Å². The van der Waals surface area contributed by atoms with Gasteiger partial charge in [-0.25, -0.2) is 5.84 Å². The van der Waals surface area contributed by atoms with Gasteiger partial charge < -0.3 is 10.6 Å². The molecule has 1 aliphatic rings. The maximum atomic E-state index is 12.4. The number of carbonyl (C=O) groups is 1. The van der Waals surface area contributed by atoms with Gasteiger partial charge in [0.05, 0.1) is 16.8 Å². The average molecular weight is 323 g/mol. The minimum atomic E-state index is -0.520. The third kappa shape index (κ3) is 2.51. The molecular weight excluding hydrogens is 302 g/mol. The van der Waals surface area contributed by atoms with Crippen molar-refractivity contribution in [2.75, 3.05) is 17.0 Å². The first kappa shape index (κ1) is 16.0. The molecule has 0 saturated carbocycles. The summed E-state index contributed by atoms with van der Waals surface area (Å²) in [4.78, 5) is 18.0. The van der Waals surface area contributed by atoms with Crippen LogP contribution in [-0.2, 0) is 10.2 Å². The second-order valence-corrected chi connectivity index (χ2v) is 6.42. The van der Waals surface area contributed by atoms with Gasteiger partial charge in [-0.1, -0.05) is 6.07 Å². The molecule has 0 bridgehead atoms. The number of pyridine rings is 1. The van der Waals surface area contributed by atoms with Crippen LogP contribution in [0, 0.1) is 0 Å². The fourth-order valence-electron chi connectivity index (χ4n) is 2.97. The Morgan fingerprint density at radius 1 is 1.25 bits per heavy atom. The fourth-order valence-corrected chi connectivity index (χ4v) is 2.97. The van der Waals surface area contributed by atoms with Gasteiger partial charge in [-0.15, -0.1) is 0 Å². The molecule has 0 aliphatic carbocycles. The fraction of sp³-hybridized carbons (Fsp3) is 0.222. The molecule has 6 heteroatoms. The van der Waals surface area contributed by atoms with Gasteiger partial charge in [-0.05, 0) is 43.7 Å².